The second-order valence-corrected chi connectivity index (χ2v) is 6.55. The molecular weight excluding hydrogens is 268 g/mol. The molecule has 0 radical (unpaired) electrons. The Morgan fingerprint density at radius 1 is 1.24 bits per heavy atom. The lowest BCUT2D eigenvalue weighted by Crippen LogP contribution is -2.56. The van der Waals surface area contributed by atoms with Gasteiger partial charge >= 0.3 is 6.09 Å². The largest absolute Gasteiger partial charge is 0.465 e. The summed E-state index contributed by atoms with van der Waals surface area (Å²) in [5, 5.41) is 9.43. The molecule has 0 aromatic carbocycles. The predicted octanol–water partition coefficient (Wildman–Crippen LogP) is 3.19. The van der Waals surface area contributed by atoms with Crippen LogP contribution in [0.2, 0.25) is 0 Å². The van der Waals surface area contributed by atoms with E-state index in [-0.39, 0.29) is 30.0 Å². The van der Waals surface area contributed by atoms with E-state index >= 15 is 0 Å². The maximum absolute atomic E-state index is 12.3. The van der Waals surface area contributed by atoms with E-state index in [2.05, 4.69) is 6.92 Å². The van der Waals surface area contributed by atoms with Crippen molar-refractivity contribution in [3.8, 4) is 0 Å². The molecule has 0 saturated carbocycles. The Bertz CT molecular complexity index is 359. The minimum atomic E-state index is -0.837. The molecule has 2 amide bonds. The molecule has 0 bridgehead atoms. The van der Waals surface area contributed by atoms with Crippen molar-refractivity contribution in [2.24, 2.45) is 5.92 Å². The molecule has 2 unspecified atom stereocenters. The van der Waals surface area contributed by atoms with Crippen molar-refractivity contribution in [1.82, 2.24) is 9.80 Å². The monoisotopic (exact) mass is 298 g/mol. The van der Waals surface area contributed by atoms with Crippen molar-refractivity contribution in [3.63, 3.8) is 0 Å². The molecule has 5 heteroatoms. The number of hydrogen-bond donors (Lipinski definition) is 1. The van der Waals surface area contributed by atoms with E-state index in [1.54, 1.807) is 4.90 Å². The van der Waals surface area contributed by atoms with Gasteiger partial charge in [0.15, 0.2) is 0 Å². The van der Waals surface area contributed by atoms with E-state index in [9.17, 15) is 14.7 Å². The zero-order chi connectivity index (χ0) is 16.2. The first-order chi connectivity index (χ1) is 9.79. The number of likely N-dealkylation sites (tertiary alicyclic amines) is 1. The fourth-order valence-electron chi connectivity index (χ4n) is 3.30. The standard InChI is InChI=1S/C16H30N2O3/c1-6-7-8-17(16(20)21)14-9-12(4)18(13(5)10-14)15(19)11(2)3/h11-14H,6-10H2,1-5H3,(H,20,21). The highest BCUT2D eigenvalue weighted by Gasteiger charge is 2.38. The van der Waals surface area contributed by atoms with Gasteiger partial charge in [0, 0.05) is 30.6 Å². The third kappa shape index (κ3) is 4.35. The fraction of sp³-hybridized carbons (Fsp3) is 0.875. The van der Waals surface area contributed by atoms with Gasteiger partial charge in [0.25, 0.3) is 0 Å². The van der Waals surface area contributed by atoms with Crippen LogP contribution in [0.3, 0.4) is 0 Å². The molecule has 5 nitrogen and oxygen atoms in total. The van der Waals surface area contributed by atoms with Gasteiger partial charge < -0.3 is 14.9 Å². The molecule has 21 heavy (non-hydrogen) atoms. The predicted molar refractivity (Wildman–Crippen MR) is 83.3 cm³/mol. The molecule has 2 atom stereocenters. The van der Waals surface area contributed by atoms with E-state index in [0.29, 0.717) is 6.54 Å². The van der Waals surface area contributed by atoms with Crippen molar-refractivity contribution in [1.29, 1.82) is 0 Å². The van der Waals surface area contributed by atoms with Gasteiger partial charge in [-0.05, 0) is 33.1 Å². The minimum absolute atomic E-state index is 0.0119. The smallest absolute Gasteiger partial charge is 0.407 e. The molecule has 1 heterocycles. The number of carbonyl (C=O) groups excluding carboxylic acids is 1. The number of unbranched alkanes of at least 4 members (excludes halogenated alkanes) is 1. The van der Waals surface area contributed by atoms with Gasteiger partial charge in [0.1, 0.15) is 0 Å². The number of carboxylic acid groups (broad SMARTS) is 1. The summed E-state index contributed by atoms with van der Waals surface area (Å²) in [7, 11) is 0. The minimum Gasteiger partial charge on any atom is -0.465 e. The van der Waals surface area contributed by atoms with Crippen LogP contribution >= 0.6 is 0 Å². The number of hydrogen-bond acceptors (Lipinski definition) is 2. The van der Waals surface area contributed by atoms with Gasteiger partial charge in [-0.25, -0.2) is 4.79 Å². The van der Waals surface area contributed by atoms with Crippen molar-refractivity contribution in [3.05, 3.63) is 0 Å². The molecule has 1 aliphatic rings. The van der Waals surface area contributed by atoms with Gasteiger partial charge in [0.2, 0.25) is 5.91 Å². The first-order valence-corrected chi connectivity index (χ1v) is 8.11. The molecular formula is C16H30N2O3. The Balaban J connectivity index is 2.79. The maximum atomic E-state index is 12.3. The fourth-order valence-corrected chi connectivity index (χ4v) is 3.30. The van der Waals surface area contributed by atoms with E-state index < -0.39 is 6.09 Å². The molecule has 122 valence electrons. The Morgan fingerprint density at radius 2 is 1.76 bits per heavy atom. The normalized spacial score (nSPS) is 26.0. The van der Waals surface area contributed by atoms with Crippen LogP contribution in [0, 0.1) is 5.92 Å². The van der Waals surface area contributed by atoms with Crippen LogP contribution in [0.15, 0.2) is 0 Å². The number of carbonyl (C=O) groups is 2. The second kappa shape index (κ2) is 7.66. The van der Waals surface area contributed by atoms with Gasteiger partial charge in [0.05, 0.1) is 0 Å². The maximum Gasteiger partial charge on any atom is 0.407 e. The molecule has 0 aliphatic carbocycles. The van der Waals surface area contributed by atoms with Crippen LogP contribution < -0.4 is 0 Å². The van der Waals surface area contributed by atoms with Gasteiger partial charge in [-0.3, -0.25) is 4.79 Å². The first kappa shape index (κ1) is 17.8. The Morgan fingerprint density at radius 3 is 2.14 bits per heavy atom. The molecule has 0 spiro atoms. The van der Waals surface area contributed by atoms with Gasteiger partial charge in [-0.15, -0.1) is 0 Å². The summed E-state index contributed by atoms with van der Waals surface area (Å²) in [5.41, 5.74) is 0. The van der Waals surface area contributed by atoms with E-state index in [1.807, 2.05) is 32.6 Å². The van der Waals surface area contributed by atoms with Gasteiger partial charge in [-0.2, -0.15) is 0 Å². The molecule has 1 fully saturated rings. The zero-order valence-corrected chi connectivity index (χ0v) is 14.0. The zero-order valence-electron chi connectivity index (χ0n) is 14.0. The average Bonchev–Trinajstić information content (AvgIpc) is 2.37. The number of piperidine rings is 1. The van der Waals surface area contributed by atoms with E-state index in [1.165, 1.54) is 0 Å². The average molecular weight is 298 g/mol. The highest BCUT2D eigenvalue weighted by atomic mass is 16.4. The Hall–Kier alpha value is -1.26. The summed E-state index contributed by atoms with van der Waals surface area (Å²) in [6.07, 6.45) is 2.51. The van der Waals surface area contributed by atoms with Crippen molar-refractivity contribution >= 4 is 12.0 Å². The summed E-state index contributed by atoms with van der Waals surface area (Å²) in [5.74, 6) is 0.158. The summed E-state index contributed by atoms with van der Waals surface area (Å²) in [4.78, 5) is 27.3. The van der Waals surface area contributed by atoms with Crippen LogP contribution in [-0.2, 0) is 4.79 Å². The highest BCUT2D eigenvalue weighted by Crippen LogP contribution is 2.28. The van der Waals surface area contributed by atoms with Crippen LogP contribution in [0.5, 0.6) is 0 Å². The molecule has 0 aromatic heterocycles. The SMILES string of the molecule is CCCCN(C(=O)O)C1CC(C)N(C(=O)C(C)C)C(C)C1. The second-order valence-electron chi connectivity index (χ2n) is 6.55. The molecule has 1 rings (SSSR count). The van der Waals surface area contributed by atoms with E-state index in [0.717, 1.165) is 25.7 Å². The molecule has 1 saturated heterocycles. The lowest BCUT2D eigenvalue weighted by Gasteiger charge is -2.46. The molecule has 1 aliphatic heterocycles. The topological polar surface area (TPSA) is 60.9 Å². The number of amides is 2. The number of nitrogens with zero attached hydrogens (tertiary/aromatic N) is 2. The molecule has 0 aromatic rings. The van der Waals surface area contributed by atoms with Crippen LogP contribution in [0.25, 0.3) is 0 Å². The quantitative estimate of drug-likeness (QED) is 0.848. The Labute approximate surface area is 128 Å². The Kier molecular flexibility index (Phi) is 6.49. The summed E-state index contributed by atoms with van der Waals surface area (Å²) < 4.78 is 0. The van der Waals surface area contributed by atoms with Crippen LogP contribution in [-0.4, -0.2) is 51.6 Å². The van der Waals surface area contributed by atoms with Crippen LogP contribution in [0.4, 0.5) is 4.79 Å². The van der Waals surface area contributed by atoms with Gasteiger partial charge in [-0.1, -0.05) is 27.2 Å². The summed E-state index contributed by atoms with van der Waals surface area (Å²) in [6, 6.07) is 0.213. The van der Waals surface area contributed by atoms with E-state index in [4.69, 9.17) is 0 Å². The summed E-state index contributed by atoms with van der Waals surface area (Å²) >= 11 is 0. The highest BCUT2D eigenvalue weighted by molar-refractivity contribution is 5.79. The molecule has 1 N–H and O–H groups in total. The first-order valence-electron chi connectivity index (χ1n) is 8.11. The van der Waals surface area contributed by atoms with Crippen molar-refractivity contribution in [2.45, 2.75) is 78.4 Å². The van der Waals surface area contributed by atoms with Crippen molar-refractivity contribution in [2.75, 3.05) is 6.54 Å². The lowest BCUT2D eigenvalue weighted by atomic mass is 9.90. The number of rotatable bonds is 5. The van der Waals surface area contributed by atoms with Crippen molar-refractivity contribution < 1.29 is 14.7 Å². The third-order valence-electron chi connectivity index (χ3n) is 4.36. The lowest BCUT2D eigenvalue weighted by molar-refractivity contribution is -0.141. The van der Waals surface area contributed by atoms with Crippen LogP contribution in [0.1, 0.15) is 60.3 Å². The summed E-state index contributed by atoms with van der Waals surface area (Å²) in [6.45, 7) is 10.5. The third-order valence-corrected chi connectivity index (χ3v) is 4.36.